The largest absolute Gasteiger partial charge is 0.383 e. The molecular weight excluding hydrogens is 310 g/mol. The van der Waals surface area contributed by atoms with E-state index in [9.17, 15) is 0 Å². The first-order valence-electron chi connectivity index (χ1n) is 5.52. The zero-order valence-corrected chi connectivity index (χ0v) is 12.1. The van der Waals surface area contributed by atoms with Crippen LogP contribution in [0.2, 0.25) is 0 Å². The molecule has 1 atom stereocenters. The molecule has 1 aromatic heterocycles. The molecule has 2 aromatic rings. The molecule has 1 heterocycles. The van der Waals surface area contributed by atoms with Crippen LogP contribution in [0.3, 0.4) is 0 Å². The number of halogens is 1. The maximum Gasteiger partial charge on any atom is 0.128 e. The van der Waals surface area contributed by atoms with Crippen molar-refractivity contribution in [2.24, 2.45) is 5.73 Å². The average Bonchev–Trinajstić information content (AvgIpc) is 2.38. The van der Waals surface area contributed by atoms with Crippen LogP contribution in [0.4, 0.5) is 5.82 Å². The molecule has 1 aromatic carbocycles. The lowest BCUT2D eigenvalue weighted by atomic mass is 10.1. The van der Waals surface area contributed by atoms with Crippen LogP contribution < -0.4 is 11.5 Å². The smallest absolute Gasteiger partial charge is 0.128 e. The van der Waals surface area contributed by atoms with E-state index in [1.54, 1.807) is 18.0 Å². The third-order valence-corrected chi connectivity index (χ3v) is 4.67. The summed E-state index contributed by atoms with van der Waals surface area (Å²) in [5.41, 5.74) is 12.8. The van der Waals surface area contributed by atoms with Gasteiger partial charge in [0.25, 0.3) is 0 Å². The van der Waals surface area contributed by atoms with Crippen molar-refractivity contribution in [3.63, 3.8) is 0 Å². The fourth-order valence-electron chi connectivity index (χ4n) is 1.57. The summed E-state index contributed by atoms with van der Waals surface area (Å²) in [4.78, 5) is 5.23. The molecule has 3 nitrogen and oxygen atoms in total. The lowest BCUT2D eigenvalue weighted by Gasteiger charge is -2.13. The van der Waals surface area contributed by atoms with Gasteiger partial charge in [-0.25, -0.2) is 4.98 Å². The van der Waals surface area contributed by atoms with Gasteiger partial charge in [0.2, 0.25) is 0 Å². The SMILES string of the molecule is Nc1ncccc1C(N)CSc1ccccc1Br. The Morgan fingerprint density at radius 1 is 1.22 bits per heavy atom. The van der Waals surface area contributed by atoms with Crippen molar-refractivity contribution >= 4 is 33.5 Å². The number of hydrogen-bond donors (Lipinski definition) is 2. The van der Waals surface area contributed by atoms with Gasteiger partial charge in [-0.05, 0) is 34.1 Å². The quantitative estimate of drug-likeness (QED) is 0.848. The van der Waals surface area contributed by atoms with Crippen molar-refractivity contribution in [1.82, 2.24) is 4.98 Å². The number of thioether (sulfide) groups is 1. The van der Waals surface area contributed by atoms with Crippen LogP contribution >= 0.6 is 27.7 Å². The van der Waals surface area contributed by atoms with Gasteiger partial charge in [0.1, 0.15) is 5.82 Å². The summed E-state index contributed by atoms with van der Waals surface area (Å²) in [6.07, 6.45) is 1.67. The van der Waals surface area contributed by atoms with Crippen molar-refractivity contribution in [1.29, 1.82) is 0 Å². The monoisotopic (exact) mass is 323 g/mol. The van der Waals surface area contributed by atoms with Crippen molar-refractivity contribution in [2.45, 2.75) is 10.9 Å². The molecule has 0 radical (unpaired) electrons. The Kier molecular flexibility index (Phi) is 4.63. The molecule has 0 amide bonds. The first-order valence-corrected chi connectivity index (χ1v) is 7.29. The number of nitrogens with two attached hydrogens (primary N) is 2. The maximum atomic E-state index is 6.14. The molecule has 0 saturated carbocycles. The number of aromatic nitrogens is 1. The van der Waals surface area contributed by atoms with E-state index in [0.29, 0.717) is 5.82 Å². The molecular formula is C13H14BrN3S. The molecule has 5 heteroatoms. The van der Waals surface area contributed by atoms with Gasteiger partial charge in [-0.2, -0.15) is 0 Å². The van der Waals surface area contributed by atoms with Gasteiger partial charge in [-0.1, -0.05) is 18.2 Å². The number of hydrogen-bond acceptors (Lipinski definition) is 4. The fraction of sp³-hybridized carbons (Fsp3) is 0.154. The van der Waals surface area contributed by atoms with Crippen molar-refractivity contribution in [2.75, 3.05) is 11.5 Å². The summed E-state index contributed by atoms with van der Waals surface area (Å²) in [5.74, 6) is 1.27. The highest BCUT2D eigenvalue weighted by Crippen LogP contribution is 2.30. The standard InChI is InChI=1S/C13H14BrN3S/c14-10-5-1-2-6-12(10)18-8-11(15)9-4-3-7-17-13(9)16/h1-7,11H,8,15H2,(H2,16,17). The van der Waals surface area contributed by atoms with Gasteiger partial charge in [0.05, 0.1) is 0 Å². The number of anilines is 1. The second kappa shape index (κ2) is 6.22. The van der Waals surface area contributed by atoms with Crippen molar-refractivity contribution < 1.29 is 0 Å². The van der Waals surface area contributed by atoms with Crippen LogP contribution in [0.5, 0.6) is 0 Å². The Labute approximate surface area is 119 Å². The van der Waals surface area contributed by atoms with Crippen molar-refractivity contribution in [3.8, 4) is 0 Å². The average molecular weight is 324 g/mol. The number of pyridine rings is 1. The van der Waals surface area contributed by atoms with E-state index >= 15 is 0 Å². The minimum absolute atomic E-state index is 0.115. The van der Waals surface area contributed by atoms with E-state index in [0.717, 1.165) is 15.8 Å². The van der Waals surface area contributed by atoms with Gasteiger partial charge in [0.15, 0.2) is 0 Å². The fourth-order valence-corrected chi connectivity index (χ4v) is 3.12. The minimum Gasteiger partial charge on any atom is -0.383 e. The van der Waals surface area contributed by atoms with E-state index < -0.39 is 0 Å². The van der Waals surface area contributed by atoms with Crippen LogP contribution in [0.15, 0.2) is 52.0 Å². The Hall–Kier alpha value is -1.04. The van der Waals surface area contributed by atoms with Gasteiger partial charge in [0, 0.05) is 32.9 Å². The first kappa shape index (κ1) is 13.4. The molecule has 4 N–H and O–H groups in total. The van der Waals surface area contributed by atoms with Crippen LogP contribution in [-0.4, -0.2) is 10.7 Å². The number of rotatable bonds is 4. The normalized spacial score (nSPS) is 12.3. The zero-order valence-electron chi connectivity index (χ0n) is 9.71. The van der Waals surface area contributed by atoms with E-state index in [4.69, 9.17) is 11.5 Å². The van der Waals surface area contributed by atoms with Crippen LogP contribution in [-0.2, 0) is 0 Å². The predicted molar refractivity (Wildman–Crippen MR) is 80.4 cm³/mol. The van der Waals surface area contributed by atoms with Crippen LogP contribution in [0.1, 0.15) is 11.6 Å². The van der Waals surface area contributed by atoms with E-state index in [1.165, 1.54) is 4.90 Å². The summed E-state index contributed by atoms with van der Waals surface area (Å²) in [6.45, 7) is 0. The van der Waals surface area contributed by atoms with Gasteiger partial charge in [-0.15, -0.1) is 11.8 Å². The zero-order chi connectivity index (χ0) is 13.0. The van der Waals surface area contributed by atoms with Gasteiger partial charge >= 0.3 is 0 Å². The van der Waals surface area contributed by atoms with Gasteiger partial charge < -0.3 is 11.5 Å². The molecule has 0 aliphatic carbocycles. The van der Waals surface area contributed by atoms with Crippen LogP contribution in [0, 0.1) is 0 Å². The lowest BCUT2D eigenvalue weighted by Crippen LogP contribution is -2.15. The summed E-state index contributed by atoms with van der Waals surface area (Å²) >= 11 is 5.22. The van der Waals surface area contributed by atoms with Crippen molar-refractivity contribution in [3.05, 3.63) is 52.6 Å². The topological polar surface area (TPSA) is 64.9 Å². The van der Waals surface area contributed by atoms with E-state index in [2.05, 4.69) is 27.0 Å². The minimum atomic E-state index is -0.115. The molecule has 0 aliphatic heterocycles. The lowest BCUT2D eigenvalue weighted by molar-refractivity contribution is 0.828. The maximum absolute atomic E-state index is 6.14. The Balaban J connectivity index is 2.03. The highest BCUT2D eigenvalue weighted by atomic mass is 79.9. The molecule has 0 bridgehead atoms. The predicted octanol–water partition coefficient (Wildman–Crippen LogP) is 3.22. The second-order valence-electron chi connectivity index (χ2n) is 3.83. The molecule has 18 heavy (non-hydrogen) atoms. The molecule has 94 valence electrons. The Morgan fingerprint density at radius 3 is 2.72 bits per heavy atom. The summed E-state index contributed by atoms with van der Waals surface area (Å²) < 4.78 is 1.08. The van der Waals surface area contributed by atoms with E-state index in [1.807, 2.05) is 30.3 Å². The number of nitrogens with zero attached hydrogens (tertiary/aromatic N) is 1. The highest BCUT2D eigenvalue weighted by molar-refractivity contribution is 9.10. The molecule has 0 spiro atoms. The Morgan fingerprint density at radius 2 is 2.00 bits per heavy atom. The van der Waals surface area contributed by atoms with Crippen LogP contribution in [0.25, 0.3) is 0 Å². The summed E-state index contributed by atoms with van der Waals surface area (Å²) in [5, 5.41) is 0. The Bertz CT molecular complexity index is 533. The van der Waals surface area contributed by atoms with E-state index in [-0.39, 0.29) is 6.04 Å². The third kappa shape index (κ3) is 3.25. The third-order valence-electron chi connectivity index (χ3n) is 2.53. The second-order valence-corrected chi connectivity index (χ2v) is 5.74. The summed E-state index contributed by atoms with van der Waals surface area (Å²) in [7, 11) is 0. The molecule has 0 aliphatic rings. The number of nitrogen functional groups attached to an aromatic ring is 1. The highest BCUT2D eigenvalue weighted by Gasteiger charge is 2.11. The first-order chi connectivity index (χ1) is 8.68. The molecule has 2 rings (SSSR count). The molecule has 0 fully saturated rings. The molecule has 0 saturated heterocycles. The molecule has 1 unspecified atom stereocenters. The van der Waals surface area contributed by atoms with Gasteiger partial charge in [-0.3, -0.25) is 0 Å². The number of benzene rings is 1. The summed E-state index contributed by atoms with van der Waals surface area (Å²) in [6, 6.07) is 11.8.